The van der Waals surface area contributed by atoms with E-state index in [-0.39, 0.29) is 12.2 Å². The second kappa shape index (κ2) is 7.67. The van der Waals surface area contributed by atoms with E-state index in [0.717, 1.165) is 24.3 Å². The highest BCUT2D eigenvalue weighted by atomic mass is 19.4. The third-order valence-corrected chi connectivity index (χ3v) is 4.00. The fourth-order valence-corrected chi connectivity index (χ4v) is 2.52. The van der Waals surface area contributed by atoms with Crippen LogP contribution in [0.15, 0.2) is 54.6 Å². The van der Waals surface area contributed by atoms with Crippen LogP contribution in [0, 0.1) is 0 Å². The van der Waals surface area contributed by atoms with E-state index in [1.54, 1.807) is 0 Å². The predicted octanol–water partition coefficient (Wildman–Crippen LogP) is 4.13. The molecule has 1 unspecified atom stereocenters. The van der Waals surface area contributed by atoms with Gasteiger partial charge < -0.3 is 9.84 Å². The van der Waals surface area contributed by atoms with E-state index in [2.05, 4.69) is 4.74 Å². The van der Waals surface area contributed by atoms with Gasteiger partial charge in [0.05, 0.1) is 12.2 Å². The molecule has 0 radical (unpaired) electrons. The van der Waals surface area contributed by atoms with Crippen LogP contribution in [0.1, 0.15) is 33.2 Å². The van der Waals surface area contributed by atoms with Gasteiger partial charge in [-0.2, -0.15) is 22.0 Å². The summed E-state index contributed by atoms with van der Waals surface area (Å²) >= 11 is 0. The van der Waals surface area contributed by atoms with Crippen LogP contribution in [0.5, 0.6) is 0 Å². The number of hydrogen-bond donors (Lipinski definition) is 1. The summed E-state index contributed by atoms with van der Waals surface area (Å²) in [7, 11) is 0. The minimum Gasteiger partial charge on any atom is -0.462 e. The molecule has 1 N–H and O–H groups in total. The van der Waals surface area contributed by atoms with Crippen LogP contribution in [0.4, 0.5) is 22.0 Å². The Morgan fingerprint density at radius 1 is 0.893 bits per heavy atom. The minimum absolute atomic E-state index is 0.00325. The lowest BCUT2D eigenvalue weighted by Crippen LogP contribution is -2.59. The number of halogens is 5. The van der Waals surface area contributed by atoms with Gasteiger partial charge in [0.2, 0.25) is 5.78 Å². The number of ketones is 1. The molecule has 0 saturated carbocycles. The summed E-state index contributed by atoms with van der Waals surface area (Å²) in [6.07, 6.45) is -5.90. The Bertz CT molecular complexity index is 847. The van der Waals surface area contributed by atoms with E-state index < -0.39 is 40.6 Å². The maximum atomic E-state index is 14.7. The maximum absolute atomic E-state index is 14.7. The lowest BCUT2D eigenvalue weighted by Gasteiger charge is -2.36. The first-order chi connectivity index (χ1) is 13.0. The molecule has 0 aliphatic rings. The third-order valence-electron chi connectivity index (χ3n) is 4.00. The molecule has 1 atom stereocenters. The Hall–Kier alpha value is -2.81. The lowest BCUT2D eigenvalue weighted by molar-refractivity contribution is -0.324. The van der Waals surface area contributed by atoms with Crippen molar-refractivity contribution in [2.75, 3.05) is 6.61 Å². The monoisotopic (exact) mass is 402 g/mol. The molecule has 150 valence electrons. The highest BCUT2D eigenvalue weighted by molar-refractivity contribution is 6.02. The molecule has 2 aromatic carbocycles. The van der Waals surface area contributed by atoms with E-state index in [0.29, 0.717) is 12.1 Å². The quantitative estimate of drug-likeness (QED) is 0.448. The molecule has 0 aromatic heterocycles. The zero-order valence-corrected chi connectivity index (χ0v) is 14.5. The number of alkyl halides is 5. The van der Waals surface area contributed by atoms with E-state index >= 15 is 0 Å². The number of aliphatic hydroxyl groups is 1. The first kappa shape index (κ1) is 21.5. The van der Waals surface area contributed by atoms with E-state index in [4.69, 9.17) is 0 Å². The normalized spacial score (nSPS) is 14.2. The van der Waals surface area contributed by atoms with Gasteiger partial charge in [-0.1, -0.05) is 42.5 Å². The smallest absolute Gasteiger partial charge is 0.428 e. The number of hydrogen-bond acceptors (Lipinski definition) is 4. The number of ether oxygens (including phenoxy) is 1. The Balaban J connectivity index is 2.55. The van der Waals surface area contributed by atoms with Gasteiger partial charge in [0.15, 0.2) is 0 Å². The molecule has 0 heterocycles. The van der Waals surface area contributed by atoms with Gasteiger partial charge in [-0.3, -0.25) is 4.79 Å². The fraction of sp³-hybridized carbons (Fsp3) is 0.263. The summed E-state index contributed by atoms with van der Waals surface area (Å²) in [6.45, 7) is 1.50. The molecule has 4 nitrogen and oxygen atoms in total. The van der Waals surface area contributed by atoms with Crippen LogP contribution in [0.3, 0.4) is 0 Å². The minimum atomic E-state index is -5.90. The van der Waals surface area contributed by atoms with Crippen molar-refractivity contribution in [1.82, 2.24) is 0 Å². The van der Waals surface area contributed by atoms with Crippen molar-refractivity contribution in [2.45, 2.75) is 24.6 Å². The molecular weight excluding hydrogens is 387 g/mol. The summed E-state index contributed by atoms with van der Waals surface area (Å²) in [5.74, 6) is -8.31. The van der Waals surface area contributed by atoms with E-state index in [1.807, 2.05) is 0 Å². The van der Waals surface area contributed by atoms with Crippen molar-refractivity contribution in [3.63, 3.8) is 0 Å². The van der Waals surface area contributed by atoms with Crippen molar-refractivity contribution >= 4 is 11.8 Å². The van der Waals surface area contributed by atoms with E-state index in [1.165, 1.54) is 25.1 Å². The highest BCUT2D eigenvalue weighted by Crippen LogP contribution is 2.50. The van der Waals surface area contributed by atoms with Crippen LogP contribution in [0.25, 0.3) is 0 Å². The second-order valence-corrected chi connectivity index (χ2v) is 5.78. The average Bonchev–Trinajstić information content (AvgIpc) is 2.66. The van der Waals surface area contributed by atoms with Crippen molar-refractivity contribution in [3.8, 4) is 0 Å². The molecule has 0 aliphatic heterocycles. The van der Waals surface area contributed by atoms with Crippen molar-refractivity contribution < 1.29 is 41.4 Å². The van der Waals surface area contributed by atoms with Gasteiger partial charge in [0.25, 0.3) is 5.60 Å². The van der Waals surface area contributed by atoms with Gasteiger partial charge in [-0.05, 0) is 24.6 Å². The van der Waals surface area contributed by atoms with Gasteiger partial charge in [0, 0.05) is 5.56 Å². The number of rotatable bonds is 6. The lowest BCUT2D eigenvalue weighted by atomic mass is 9.82. The number of carbonyl (C=O) groups is 2. The largest absolute Gasteiger partial charge is 0.462 e. The molecule has 2 rings (SSSR count). The number of benzene rings is 2. The van der Waals surface area contributed by atoms with Crippen molar-refractivity contribution in [2.24, 2.45) is 0 Å². The fourth-order valence-electron chi connectivity index (χ4n) is 2.52. The Labute approximate surface area is 156 Å². The molecule has 0 amide bonds. The zero-order valence-electron chi connectivity index (χ0n) is 14.5. The first-order valence-corrected chi connectivity index (χ1v) is 8.01. The number of esters is 1. The van der Waals surface area contributed by atoms with Crippen molar-refractivity contribution in [1.29, 1.82) is 0 Å². The van der Waals surface area contributed by atoms with Crippen LogP contribution in [0.2, 0.25) is 0 Å². The molecule has 0 spiro atoms. The van der Waals surface area contributed by atoms with E-state index in [9.17, 15) is 36.6 Å². The Morgan fingerprint density at radius 2 is 1.43 bits per heavy atom. The third kappa shape index (κ3) is 3.62. The van der Waals surface area contributed by atoms with Crippen LogP contribution in [-0.4, -0.2) is 35.6 Å². The molecule has 0 aliphatic carbocycles. The molecule has 28 heavy (non-hydrogen) atoms. The molecular formula is C19H15F5O4. The van der Waals surface area contributed by atoms with Gasteiger partial charge in [-0.25, -0.2) is 4.79 Å². The highest BCUT2D eigenvalue weighted by Gasteiger charge is 2.73. The molecule has 2 aromatic rings. The predicted molar refractivity (Wildman–Crippen MR) is 88.1 cm³/mol. The zero-order chi connectivity index (χ0) is 21.2. The Kier molecular flexibility index (Phi) is 5.88. The summed E-state index contributed by atoms with van der Waals surface area (Å²) in [4.78, 5) is 23.7. The molecule has 0 fully saturated rings. The maximum Gasteiger partial charge on any atom is 0.428 e. The molecule has 0 saturated heterocycles. The van der Waals surface area contributed by atoms with Crippen LogP contribution in [-0.2, 0) is 10.3 Å². The molecule has 0 bridgehead atoms. The standard InChI is InChI=1S/C19H15F5O4/c1-2-28-16(26)13-8-10-14(11-9-13)17(27,19(22,23)24)18(20,21)15(25)12-6-4-3-5-7-12/h3-11,27H,2H2,1H3. The molecule has 9 heteroatoms. The summed E-state index contributed by atoms with van der Waals surface area (Å²) in [5, 5.41) is 10.1. The Morgan fingerprint density at radius 3 is 1.89 bits per heavy atom. The number of Topliss-reactive ketones (excluding diaryl/α,β-unsaturated/α-hetero) is 1. The number of carbonyl (C=O) groups excluding carboxylic acids is 2. The SMILES string of the molecule is CCOC(=O)c1ccc(C(O)(C(F)(F)F)C(F)(F)C(=O)c2ccccc2)cc1. The van der Waals surface area contributed by atoms with Gasteiger partial charge in [-0.15, -0.1) is 0 Å². The summed E-state index contributed by atoms with van der Waals surface area (Å²) in [6, 6.07) is 8.22. The summed E-state index contributed by atoms with van der Waals surface area (Å²) < 4.78 is 74.8. The second-order valence-electron chi connectivity index (χ2n) is 5.78. The van der Waals surface area contributed by atoms with Gasteiger partial charge >= 0.3 is 18.1 Å². The van der Waals surface area contributed by atoms with Crippen LogP contribution >= 0.6 is 0 Å². The summed E-state index contributed by atoms with van der Waals surface area (Å²) in [5.41, 5.74) is -6.99. The van der Waals surface area contributed by atoms with Crippen LogP contribution < -0.4 is 0 Å². The topological polar surface area (TPSA) is 63.6 Å². The van der Waals surface area contributed by atoms with Gasteiger partial charge in [0.1, 0.15) is 0 Å². The average molecular weight is 402 g/mol. The first-order valence-electron chi connectivity index (χ1n) is 8.01. The van der Waals surface area contributed by atoms with Crippen molar-refractivity contribution in [3.05, 3.63) is 71.3 Å².